The molecule has 4 rings (SSSR count). The van der Waals surface area contributed by atoms with Gasteiger partial charge in [-0.2, -0.15) is 0 Å². The molecule has 0 aliphatic carbocycles. The highest BCUT2D eigenvalue weighted by molar-refractivity contribution is 5.28. The monoisotopic (exact) mass is 334 g/mol. The molecule has 0 radical (unpaired) electrons. The first-order chi connectivity index (χ1) is 12.1. The third-order valence-corrected chi connectivity index (χ3v) is 5.03. The quantitative estimate of drug-likeness (QED) is 0.721. The van der Waals surface area contributed by atoms with Crippen molar-refractivity contribution in [3.63, 3.8) is 0 Å². The summed E-state index contributed by atoms with van der Waals surface area (Å²) in [4.78, 5) is 4.15. The summed E-state index contributed by atoms with van der Waals surface area (Å²) in [5, 5.41) is 0. The predicted octanol–water partition coefficient (Wildman–Crippen LogP) is 4.09. The van der Waals surface area contributed by atoms with Crippen molar-refractivity contribution in [2.24, 2.45) is 0 Å². The molecule has 3 aromatic rings. The second-order valence-electron chi connectivity index (χ2n) is 6.69. The predicted molar refractivity (Wildman–Crippen MR) is 95.8 cm³/mol. The van der Waals surface area contributed by atoms with Crippen molar-refractivity contribution in [2.45, 2.75) is 37.9 Å². The third kappa shape index (κ3) is 2.77. The Morgan fingerprint density at radius 3 is 2.24 bits per heavy atom. The first-order valence-corrected chi connectivity index (χ1v) is 8.57. The highest BCUT2D eigenvalue weighted by Gasteiger charge is 2.54. The number of hydrogen-bond donors (Lipinski definition) is 0. The van der Waals surface area contributed by atoms with E-state index in [1.165, 1.54) is 0 Å². The molecule has 3 unspecified atom stereocenters. The van der Waals surface area contributed by atoms with Gasteiger partial charge in [0.05, 0.1) is 19.0 Å². The standard InChI is InChI=1S/C21H22N2O2/c1-17-20(2,18-9-5-3-6-10-18)25-21(24-17,15-23-14-13-22-16-23)19-11-7-4-8-12-19/h3-14,16-17H,15H2,1-2H3. The van der Waals surface area contributed by atoms with Crippen molar-refractivity contribution < 1.29 is 9.47 Å². The van der Waals surface area contributed by atoms with Crippen LogP contribution in [-0.4, -0.2) is 15.7 Å². The molecule has 4 heteroatoms. The van der Waals surface area contributed by atoms with Gasteiger partial charge in [0.1, 0.15) is 5.60 Å². The van der Waals surface area contributed by atoms with E-state index in [2.05, 4.69) is 43.1 Å². The Bertz CT molecular complexity index is 820. The molecule has 0 spiro atoms. The van der Waals surface area contributed by atoms with Crippen LogP contribution in [0.3, 0.4) is 0 Å². The first kappa shape index (κ1) is 16.1. The summed E-state index contributed by atoms with van der Waals surface area (Å²) in [5.74, 6) is -0.855. The lowest BCUT2D eigenvalue weighted by atomic mass is 9.91. The lowest BCUT2D eigenvalue weighted by molar-refractivity contribution is -0.207. The Hall–Kier alpha value is -2.43. The summed E-state index contributed by atoms with van der Waals surface area (Å²) >= 11 is 0. The Morgan fingerprint density at radius 2 is 1.64 bits per heavy atom. The van der Waals surface area contributed by atoms with E-state index < -0.39 is 11.4 Å². The van der Waals surface area contributed by atoms with Gasteiger partial charge >= 0.3 is 0 Å². The van der Waals surface area contributed by atoms with Crippen LogP contribution in [0.1, 0.15) is 25.0 Å². The smallest absolute Gasteiger partial charge is 0.214 e. The van der Waals surface area contributed by atoms with E-state index in [4.69, 9.17) is 9.47 Å². The highest BCUT2D eigenvalue weighted by Crippen LogP contribution is 2.49. The van der Waals surface area contributed by atoms with Gasteiger partial charge in [-0.15, -0.1) is 0 Å². The second-order valence-corrected chi connectivity index (χ2v) is 6.69. The van der Waals surface area contributed by atoms with E-state index >= 15 is 0 Å². The van der Waals surface area contributed by atoms with E-state index in [0.29, 0.717) is 6.54 Å². The molecular formula is C21H22N2O2. The number of nitrogens with zero attached hydrogens (tertiary/aromatic N) is 2. The molecule has 0 amide bonds. The highest BCUT2D eigenvalue weighted by atomic mass is 16.8. The molecule has 1 aliphatic heterocycles. The third-order valence-electron chi connectivity index (χ3n) is 5.03. The molecule has 2 aromatic carbocycles. The fourth-order valence-electron chi connectivity index (χ4n) is 3.51. The Balaban J connectivity index is 1.78. The minimum absolute atomic E-state index is 0.0985. The molecule has 128 valence electrons. The largest absolute Gasteiger partial charge is 0.338 e. The molecule has 1 aromatic heterocycles. The average Bonchev–Trinajstić information content (AvgIpc) is 3.24. The van der Waals surface area contributed by atoms with Crippen LogP contribution in [0, 0.1) is 0 Å². The molecular weight excluding hydrogens is 312 g/mol. The van der Waals surface area contributed by atoms with Crippen molar-refractivity contribution >= 4 is 0 Å². The van der Waals surface area contributed by atoms with Crippen molar-refractivity contribution in [1.29, 1.82) is 0 Å². The van der Waals surface area contributed by atoms with Gasteiger partial charge in [-0.1, -0.05) is 60.7 Å². The van der Waals surface area contributed by atoms with E-state index in [1.807, 2.05) is 47.2 Å². The van der Waals surface area contributed by atoms with Crippen LogP contribution in [0.5, 0.6) is 0 Å². The molecule has 0 bridgehead atoms. The number of benzene rings is 2. The van der Waals surface area contributed by atoms with E-state index in [1.54, 1.807) is 12.5 Å². The van der Waals surface area contributed by atoms with Gasteiger partial charge in [-0.3, -0.25) is 0 Å². The summed E-state index contributed by atoms with van der Waals surface area (Å²) in [6.07, 6.45) is 5.40. The maximum Gasteiger partial charge on any atom is 0.214 e. The molecule has 25 heavy (non-hydrogen) atoms. The van der Waals surface area contributed by atoms with Crippen LogP contribution < -0.4 is 0 Å². The van der Waals surface area contributed by atoms with E-state index in [9.17, 15) is 0 Å². The van der Waals surface area contributed by atoms with Crippen molar-refractivity contribution in [3.05, 3.63) is 90.5 Å². The summed E-state index contributed by atoms with van der Waals surface area (Å²) in [6.45, 7) is 4.72. The maximum atomic E-state index is 6.72. The Morgan fingerprint density at radius 1 is 1.00 bits per heavy atom. The van der Waals surface area contributed by atoms with Gasteiger partial charge < -0.3 is 14.0 Å². The zero-order valence-corrected chi connectivity index (χ0v) is 14.5. The topological polar surface area (TPSA) is 36.3 Å². The number of imidazole rings is 1. The van der Waals surface area contributed by atoms with E-state index in [0.717, 1.165) is 11.1 Å². The minimum atomic E-state index is -0.855. The van der Waals surface area contributed by atoms with Crippen LogP contribution >= 0.6 is 0 Å². The molecule has 0 N–H and O–H groups in total. The van der Waals surface area contributed by atoms with Crippen LogP contribution in [0.2, 0.25) is 0 Å². The SMILES string of the molecule is CC1OC(Cn2ccnc2)(c2ccccc2)OC1(C)c1ccccc1. The summed E-state index contributed by atoms with van der Waals surface area (Å²) < 4.78 is 15.2. The van der Waals surface area contributed by atoms with Crippen LogP contribution in [-0.2, 0) is 27.4 Å². The minimum Gasteiger partial charge on any atom is -0.338 e. The molecule has 1 saturated heterocycles. The number of ether oxygens (including phenoxy) is 2. The fourth-order valence-corrected chi connectivity index (χ4v) is 3.51. The number of hydrogen-bond acceptors (Lipinski definition) is 3. The van der Waals surface area contributed by atoms with Crippen LogP contribution in [0.25, 0.3) is 0 Å². The Labute approximate surface area is 148 Å². The molecule has 4 nitrogen and oxygen atoms in total. The lowest BCUT2D eigenvalue weighted by Crippen LogP contribution is -2.35. The van der Waals surface area contributed by atoms with Crippen molar-refractivity contribution in [3.8, 4) is 0 Å². The summed E-state index contributed by atoms with van der Waals surface area (Å²) in [6, 6.07) is 20.4. The summed E-state index contributed by atoms with van der Waals surface area (Å²) in [5.41, 5.74) is 1.60. The van der Waals surface area contributed by atoms with Gasteiger partial charge in [0, 0.05) is 18.0 Å². The van der Waals surface area contributed by atoms with Gasteiger partial charge in [0.25, 0.3) is 0 Å². The number of aromatic nitrogens is 2. The second kappa shape index (κ2) is 6.14. The first-order valence-electron chi connectivity index (χ1n) is 8.57. The zero-order chi connectivity index (χ0) is 17.3. The van der Waals surface area contributed by atoms with Crippen molar-refractivity contribution in [1.82, 2.24) is 9.55 Å². The number of rotatable bonds is 4. The van der Waals surface area contributed by atoms with Gasteiger partial charge in [0.15, 0.2) is 0 Å². The molecule has 2 heterocycles. The zero-order valence-electron chi connectivity index (χ0n) is 14.5. The van der Waals surface area contributed by atoms with E-state index in [-0.39, 0.29) is 6.10 Å². The van der Waals surface area contributed by atoms with Gasteiger partial charge in [-0.05, 0) is 19.4 Å². The Kier molecular flexibility index (Phi) is 3.94. The molecule has 1 aliphatic rings. The molecule has 0 saturated carbocycles. The summed E-state index contributed by atoms with van der Waals surface area (Å²) in [7, 11) is 0. The fraction of sp³-hybridized carbons (Fsp3) is 0.286. The average molecular weight is 334 g/mol. The van der Waals surface area contributed by atoms with Gasteiger partial charge in [0.2, 0.25) is 5.79 Å². The normalized spacial score (nSPS) is 29.0. The van der Waals surface area contributed by atoms with Crippen LogP contribution in [0.15, 0.2) is 79.4 Å². The molecule has 1 fully saturated rings. The maximum absolute atomic E-state index is 6.72. The van der Waals surface area contributed by atoms with Crippen molar-refractivity contribution in [2.75, 3.05) is 0 Å². The lowest BCUT2D eigenvalue weighted by Gasteiger charge is -2.32. The molecule has 3 atom stereocenters. The van der Waals surface area contributed by atoms with Crippen LogP contribution in [0.4, 0.5) is 0 Å². The van der Waals surface area contributed by atoms with Gasteiger partial charge in [-0.25, -0.2) is 4.98 Å².